The van der Waals surface area contributed by atoms with Crippen LogP contribution in [-0.4, -0.2) is 28.4 Å². The van der Waals surface area contributed by atoms with Crippen LogP contribution < -0.4 is 5.32 Å². The van der Waals surface area contributed by atoms with Crippen molar-refractivity contribution < 1.29 is 4.63 Å². The van der Waals surface area contributed by atoms with E-state index >= 15 is 0 Å². The molecule has 0 aromatic carbocycles. The fourth-order valence-electron chi connectivity index (χ4n) is 0.887. The standard InChI is InChI=1S/C8H15N3OS/c1-6(13-3)4-9-5-8-7(2)10-12-11-8/h6,9H,4-5H2,1-3H3. The van der Waals surface area contributed by atoms with Crippen molar-refractivity contribution in [2.24, 2.45) is 0 Å². The monoisotopic (exact) mass is 201 g/mol. The van der Waals surface area contributed by atoms with E-state index in [-0.39, 0.29) is 0 Å². The van der Waals surface area contributed by atoms with Crippen LogP contribution in [0.1, 0.15) is 18.3 Å². The summed E-state index contributed by atoms with van der Waals surface area (Å²) in [4.78, 5) is 0. The topological polar surface area (TPSA) is 51.0 Å². The molecule has 0 aliphatic carbocycles. The number of rotatable bonds is 5. The highest BCUT2D eigenvalue weighted by Crippen LogP contribution is 2.04. The van der Waals surface area contributed by atoms with Gasteiger partial charge in [-0.3, -0.25) is 0 Å². The average Bonchev–Trinajstić information content (AvgIpc) is 2.52. The van der Waals surface area contributed by atoms with Crippen molar-refractivity contribution in [3.05, 3.63) is 11.4 Å². The molecular weight excluding hydrogens is 186 g/mol. The maximum atomic E-state index is 4.58. The third kappa shape index (κ3) is 3.36. The summed E-state index contributed by atoms with van der Waals surface area (Å²) < 4.78 is 4.58. The molecule has 0 bridgehead atoms. The number of nitrogens with zero attached hydrogens (tertiary/aromatic N) is 2. The van der Waals surface area contributed by atoms with Gasteiger partial charge in [0.05, 0.1) is 0 Å². The fraction of sp³-hybridized carbons (Fsp3) is 0.750. The molecule has 1 aromatic heterocycles. The quantitative estimate of drug-likeness (QED) is 0.776. The van der Waals surface area contributed by atoms with Gasteiger partial charge in [0.2, 0.25) is 0 Å². The fourth-order valence-corrected chi connectivity index (χ4v) is 1.17. The molecule has 1 unspecified atom stereocenters. The second-order valence-electron chi connectivity index (χ2n) is 2.97. The molecule has 1 heterocycles. The summed E-state index contributed by atoms with van der Waals surface area (Å²) in [5.41, 5.74) is 1.76. The number of hydrogen-bond acceptors (Lipinski definition) is 5. The van der Waals surface area contributed by atoms with E-state index in [4.69, 9.17) is 0 Å². The zero-order chi connectivity index (χ0) is 9.68. The molecule has 0 amide bonds. The summed E-state index contributed by atoms with van der Waals surface area (Å²) in [6, 6.07) is 0. The Morgan fingerprint density at radius 1 is 1.54 bits per heavy atom. The average molecular weight is 201 g/mol. The zero-order valence-electron chi connectivity index (χ0n) is 8.20. The van der Waals surface area contributed by atoms with Crippen LogP contribution in [0, 0.1) is 6.92 Å². The number of nitrogens with one attached hydrogen (secondary N) is 1. The van der Waals surface area contributed by atoms with Crippen LogP contribution in [0.15, 0.2) is 4.63 Å². The van der Waals surface area contributed by atoms with Crippen molar-refractivity contribution >= 4 is 11.8 Å². The molecule has 0 saturated heterocycles. The van der Waals surface area contributed by atoms with E-state index in [0.29, 0.717) is 5.25 Å². The first kappa shape index (κ1) is 10.5. The Hall–Kier alpha value is -0.550. The van der Waals surface area contributed by atoms with Gasteiger partial charge in [-0.1, -0.05) is 17.2 Å². The van der Waals surface area contributed by atoms with Crippen LogP contribution >= 0.6 is 11.8 Å². The zero-order valence-corrected chi connectivity index (χ0v) is 9.02. The molecule has 4 nitrogen and oxygen atoms in total. The predicted octanol–water partition coefficient (Wildman–Crippen LogP) is 1.22. The molecule has 1 N–H and O–H groups in total. The maximum Gasteiger partial charge on any atom is 0.121 e. The predicted molar refractivity (Wildman–Crippen MR) is 53.7 cm³/mol. The van der Waals surface area contributed by atoms with Gasteiger partial charge in [-0.05, 0) is 13.2 Å². The van der Waals surface area contributed by atoms with Gasteiger partial charge >= 0.3 is 0 Å². The summed E-state index contributed by atoms with van der Waals surface area (Å²) >= 11 is 1.84. The molecule has 1 aromatic rings. The third-order valence-electron chi connectivity index (χ3n) is 1.87. The van der Waals surface area contributed by atoms with Crippen molar-refractivity contribution in [3.63, 3.8) is 0 Å². The number of aromatic nitrogens is 2. The summed E-state index contributed by atoms with van der Waals surface area (Å²) in [6.45, 7) is 5.80. The van der Waals surface area contributed by atoms with E-state index in [1.807, 2.05) is 18.7 Å². The van der Waals surface area contributed by atoms with Crippen LogP contribution in [0.3, 0.4) is 0 Å². The van der Waals surface area contributed by atoms with Gasteiger partial charge < -0.3 is 5.32 Å². The van der Waals surface area contributed by atoms with E-state index in [9.17, 15) is 0 Å². The van der Waals surface area contributed by atoms with Crippen LogP contribution in [0.2, 0.25) is 0 Å². The first-order valence-corrected chi connectivity index (χ1v) is 5.54. The van der Waals surface area contributed by atoms with E-state index in [1.54, 1.807) is 0 Å². The lowest BCUT2D eigenvalue weighted by molar-refractivity contribution is 0.300. The van der Waals surface area contributed by atoms with Crippen LogP contribution in [-0.2, 0) is 6.54 Å². The molecule has 0 saturated carbocycles. The first-order valence-electron chi connectivity index (χ1n) is 4.25. The summed E-state index contributed by atoms with van der Waals surface area (Å²) in [7, 11) is 0. The maximum absolute atomic E-state index is 4.58. The molecule has 0 aliphatic rings. The molecule has 13 heavy (non-hydrogen) atoms. The van der Waals surface area contributed by atoms with E-state index < -0.39 is 0 Å². The lowest BCUT2D eigenvalue weighted by atomic mass is 10.3. The van der Waals surface area contributed by atoms with Crippen LogP contribution in [0.4, 0.5) is 0 Å². The molecule has 1 rings (SSSR count). The molecule has 0 radical (unpaired) electrons. The van der Waals surface area contributed by atoms with Gasteiger partial charge in [0.1, 0.15) is 11.4 Å². The van der Waals surface area contributed by atoms with Crippen molar-refractivity contribution in [1.29, 1.82) is 0 Å². The summed E-state index contributed by atoms with van der Waals surface area (Å²) in [5.74, 6) is 0. The molecule has 0 fully saturated rings. The smallest absolute Gasteiger partial charge is 0.121 e. The summed E-state index contributed by atoms with van der Waals surface area (Å²) in [5, 5.41) is 11.4. The lowest BCUT2D eigenvalue weighted by Crippen LogP contribution is -2.22. The number of hydrogen-bond donors (Lipinski definition) is 1. The van der Waals surface area contributed by atoms with E-state index in [0.717, 1.165) is 24.5 Å². The van der Waals surface area contributed by atoms with Gasteiger partial charge in [0, 0.05) is 18.3 Å². The van der Waals surface area contributed by atoms with Gasteiger partial charge in [-0.25, -0.2) is 4.63 Å². The molecule has 0 aliphatic heterocycles. The van der Waals surface area contributed by atoms with Crippen LogP contribution in [0.5, 0.6) is 0 Å². The minimum absolute atomic E-state index is 0.625. The van der Waals surface area contributed by atoms with Gasteiger partial charge in [-0.2, -0.15) is 11.8 Å². The van der Waals surface area contributed by atoms with Crippen molar-refractivity contribution in [2.75, 3.05) is 12.8 Å². The minimum atomic E-state index is 0.625. The Labute approximate surface area is 82.4 Å². The molecule has 5 heteroatoms. The Balaban J connectivity index is 2.24. The van der Waals surface area contributed by atoms with Gasteiger partial charge in [0.15, 0.2) is 0 Å². The summed E-state index contributed by atoms with van der Waals surface area (Å²) in [6.07, 6.45) is 2.11. The number of aryl methyl sites for hydroxylation is 1. The molecule has 0 spiro atoms. The molecule has 1 atom stereocenters. The molecular formula is C8H15N3OS. The van der Waals surface area contributed by atoms with Gasteiger partial charge in [0.25, 0.3) is 0 Å². The van der Waals surface area contributed by atoms with Crippen LogP contribution in [0.25, 0.3) is 0 Å². The minimum Gasteiger partial charge on any atom is -0.310 e. The highest BCUT2D eigenvalue weighted by atomic mass is 32.2. The Morgan fingerprint density at radius 2 is 2.31 bits per heavy atom. The third-order valence-corrected chi connectivity index (χ3v) is 2.84. The van der Waals surface area contributed by atoms with E-state index in [1.165, 1.54) is 0 Å². The molecule has 74 valence electrons. The Bertz CT molecular complexity index is 251. The van der Waals surface area contributed by atoms with Crippen molar-refractivity contribution in [2.45, 2.75) is 25.6 Å². The second-order valence-corrected chi connectivity index (χ2v) is 4.25. The number of thioether (sulfide) groups is 1. The Morgan fingerprint density at radius 3 is 2.85 bits per heavy atom. The van der Waals surface area contributed by atoms with E-state index in [2.05, 4.69) is 33.4 Å². The SMILES string of the molecule is CSC(C)CNCc1nonc1C. The lowest BCUT2D eigenvalue weighted by Gasteiger charge is -2.07. The Kier molecular flexibility index (Phi) is 4.24. The van der Waals surface area contributed by atoms with Gasteiger partial charge in [-0.15, -0.1) is 0 Å². The first-order chi connectivity index (χ1) is 6.24. The second kappa shape index (κ2) is 5.24. The highest BCUT2D eigenvalue weighted by molar-refractivity contribution is 7.99. The largest absolute Gasteiger partial charge is 0.310 e. The highest BCUT2D eigenvalue weighted by Gasteiger charge is 2.04. The van der Waals surface area contributed by atoms with Crippen molar-refractivity contribution in [1.82, 2.24) is 15.6 Å². The van der Waals surface area contributed by atoms with Crippen molar-refractivity contribution in [3.8, 4) is 0 Å². The normalized spacial score (nSPS) is 13.2.